The Morgan fingerprint density at radius 2 is 2.00 bits per heavy atom. The first-order chi connectivity index (χ1) is 4.77. The van der Waals surface area contributed by atoms with Gasteiger partial charge in [0.05, 0.1) is 0 Å². The summed E-state index contributed by atoms with van der Waals surface area (Å²) in [6.07, 6.45) is 3.62. The molecule has 0 saturated heterocycles. The van der Waals surface area contributed by atoms with Crippen molar-refractivity contribution in [3.8, 4) is 0 Å². The van der Waals surface area contributed by atoms with Crippen molar-refractivity contribution in [2.45, 2.75) is 27.7 Å². The predicted octanol–water partition coefficient (Wildman–Crippen LogP) is 2.15. The average molecular weight is 144 g/mol. The third-order valence-corrected chi connectivity index (χ3v) is 0.619. The molecule has 0 fully saturated rings. The lowest BCUT2D eigenvalue weighted by Crippen LogP contribution is -1.96. The van der Waals surface area contributed by atoms with Crippen molar-refractivity contribution in [3.63, 3.8) is 0 Å². The smallest absolute Gasteiger partial charge is 0.302 e. The van der Waals surface area contributed by atoms with Crippen molar-refractivity contribution >= 4 is 5.97 Å². The lowest BCUT2D eigenvalue weighted by molar-refractivity contribution is -0.139. The molecule has 0 amide bonds. The van der Waals surface area contributed by atoms with Gasteiger partial charge in [0.1, 0.15) is 6.61 Å². The van der Waals surface area contributed by atoms with E-state index >= 15 is 0 Å². The quantitative estimate of drug-likeness (QED) is 0.438. The zero-order valence-corrected chi connectivity index (χ0v) is 7.18. The monoisotopic (exact) mass is 144 g/mol. The number of allylic oxidation sites excluding steroid dienone is 1. The van der Waals surface area contributed by atoms with Gasteiger partial charge in [-0.2, -0.15) is 0 Å². The molecular weight excluding hydrogens is 128 g/mol. The highest BCUT2D eigenvalue weighted by Gasteiger charge is 1.84. The summed E-state index contributed by atoms with van der Waals surface area (Å²) in [6.45, 7) is 7.67. The van der Waals surface area contributed by atoms with Gasteiger partial charge < -0.3 is 4.74 Å². The molecule has 2 heteroatoms. The van der Waals surface area contributed by atoms with Crippen LogP contribution in [-0.2, 0) is 9.53 Å². The normalized spacial score (nSPS) is 8.40. The molecule has 0 aromatic rings. The Morgan fingerprint density at radius 1 is 1.50 bits per heavy atom. The van der Waals surface area contributed by atoms with Gasteiger partial charge in [0.15, 0.2) is 0 Å². The topological polar surface area (TPSA) is 26.3 Å². The number of carbonyl (C=O) groups excluding carboxylic acids is 1. The molecule has 0 aromatic carbocycles. The summed E-state index contributed by atoms with van der Waals surface area (Å²) in [7, 11) is 0. The van der Waals surface area contributed by atoms with E-state index in [-0.39, 0.29) is 5.97 Å². The molecule has 0 heterocycles. The summed E-state index contributed by atoms with van der Waals surface area (Å²) < 4.78 is 4.56. The number of esters is 1. The third-order valence-electron chi connectivity index (χ3n) is 0.619. The molecule has 0 atom stereocenters. The van der Waals surface area contributed by atoms with E-state index in [4.69, 9.17) is 0 Å². The highest BCUT2D eigenvalue weighted by atomic mass is 16.5. The minimum absolute atomic E-state index is 0.233. The maximum Gasteiger partial charge on any atom is 0.302 e. The maximum atomic E-state index is 10.1. The number of rotatable bonds is 2. The molecule has 0 N–H and O–H groups in total. The minimum Gasteiger partial charge on any atom is -0.462 e. The molecule has 10 heavy (non-hydrogen) atoms. The SMILES string of the molecule is C/C=C/COC(C)=O.CC. The van der Waals surface area contributed by atoms with Crippen LogP contribution in [0.3, 0.4) is 0 Å². The molecule has 0 aromatic heterocycles. The van der Waals surface area contributed by atoms with Crippen LogP contribution in [0.2, 0.25) is 0 Å². The van der Waals surface area contributed by atoms with Gasteiger partial charge in [0, 0.05) is 6.92 Å². The predicted molar refractivity (Wildman–Crippen MR) is 42.8 cm³/mol. The van der Waals surface area contributed by atoms with Gasteiger partial charge in [-0.1, -0.05) is 26.0 Å². The third kappa shape index (κ3) is 15.7. The second kappa shape index (κ2) is 11.1. The Hall–Kier alpha value is -0.790. The van der Waals surface area contributed by atoms with E-state index in [0.717, 1.165) is 0 Å². The largest absolute Gasteiger partial charge is 0.462 e. The van der Waals surface area contributed by atoms with Crippen LogP contribution in [0.5, 0.6) is 0 Å². The second-order valence-electron chi connectivity index (χ2n) is 1.37. The molecule has 0 aliphatic carbocycles. The summed E-state index contributed by atoms with van der Waals surface area (Å²) in [5.41, 5.74) is 0. The average Bonchev–Trinajstić information content (AvgIpc) is 1.92. The van der Waals surface area contributed by atoms with E-state index in [9.17, 15) is 4.79 Å². The number of ether oxygens (including phenoxy) is 1. The molecule has 0 saturated carbocycles. The Bertz CT molecular complexity index is 95.4. The number of hydrogen-bond acceptors (Lipinski definition) is 2. The number of carbonyl (C=O) groups is 1. The first-order valence-corrected chi connectivity index (χ1v) is 3.52. The molecule has 60 valence electrons. The summed E-state index contributed by atoms with van der Waals surface area (Å²) in [5.74, 6) is -0.233. The lowest BCUT2D eigenvalue weighted by atomic mass is 10.5. The first-order valence-electron chi connectivity index (χ1n) is 3.52. The van der Waals surface area contributed by atoms with Crippen LogP contribution < -0.4 is 0 Å². The van der Waals surface area contributed by atoms with Crippen LogP contribution in [0.15, 0.2) is 12.2 Å². The second-order valence-corrected chi connectivity index (χ2v) is 1.37. The van der Waals surface area contributed by atoms with Gasteiger partial charge in [-0.25, -0.2) is 0 Å². The van der Waals surface area contributed by atoms with Crippen molar-refractivity contribution in [1.29, 1.82) is 0 Å². The molecule has 0 unspecified atom stereocenters. The Labute approximate surface area is 62.9 Å². The van der Waals surface area contributed by atoms with E-state index in [1.807, 2.05) is 26.8 Å². The summed E-state index contributed by atoms with van der Waals surface area (Å²) in [6, 6.07) is 0. The molecule has 0 rings (SSSR count). The highest BCUT2D eigenvalue weighted by Crippen LogP contribution is 1.76. The van der Waals surface area contributed by atoms with Crippen molar-refractivity contribution in [3.05, 3.63) is 12.2 Å². The van der Waals surface area contributed by atoms with Crippen molar-refractivity contribution < 1.29 is 9.53 Å². The highest BCUT2D eigenvalue weighted by molar-refractivity contribution is 5.65. The summed E-state index contributed by atoms with van der Waals surface area (Å²) in [4.78, 5) is 10.1. The van der Waals surface area contributed by atoms with E-state index in [0.29, 0.717) is 6.61 Å². The van der Waals surface area contributed by atoms with Crippen molar-refractivity contribution in [1.82, 2.24) is 0 Å². The van der Waals surface area contributed by atoms with Crippen LogP contribution >= 0.6 is 0 Å². The summed E-state index contributed by atoms with van der Waals surface area (Å²) in [5, 5.41) is 0. The standard InChI is InChI=1S/C6H10O2.C2H6/c1-3-4-5-8-6(2)7;1-2/h3-4H,5H2,1-2H3;1-2H3/b4-3+;. The fourth-order valence-electron chi connectivity index (χ4n) is 0.262. The van der Waals surface area contributed by atoms with E-state index < -0.39 is 0 Å². The van der Waals surface area contributed by atoms with Crippen LogP contribution in [0, 0.1) is 0 Å². The van der Waals surface area contributed by atoms with Crippen LogP contribution in [0.25, 0.3) is 0 Å². The molecule has 0 radical (unpaired) electrons. The van der Waals surface area contributed by atoms with E-state index in [1.165, 1.54) is 6.92 Å². The fourth-order valence-corrected chi connectivity index (χ4v) is 0.262. The van der Waals surface area contributed by atoms with Gasteiger partial charge in [0.25, 0.3) is 0 Å². The van der Waals surface area contributed by atoms with E-state index in [2.05, 4.69) is 4.74 Å². The van der Waals surface area contributed by atoms with Crippen molar-refractivity contribution in [2.24, 2.45) is 0 Å². The number of hydrogen-bond donors (Lipinski definition) is 0. The molecule has 0 aliphatic heterocycles. The van der Waals surface area contributed by atoms with Gasteiger partial charge in [-0.05, 0) is 6.92 Å². The molecule has 2 nitrogen and oxygen atoms in total. The minimum atomic E-state index is -0.233. The Morgan fingerprint density at radius 3 is 2.30 bits per heavy atom. The van der Waals surface area contributed by atoms with Crippen LogP contribution in [0.4, 0.5) is 0 Å². The van der Waals surface area contributed by atoms with E-state index in [1.54, 1.807) is 6.08 Å². The molecular formula is C8H16O2. The van der Waals surface area contributed by atoms with Gasteiger partial charge >= 0.3 is 5.97 Å². The first kappa shape index (κ1) is 11.9. The maximum absolute atomic E-state index is 10.1. The Balaban J connectivity index is 0. The zero-order chi connectivity index (χ0) is 8.41. The molecule has 0 spiro atoms. The lowest BCUT2D eigenvalue weighted by Gasteiger charge is -1.91. The zero-order valence-electron chi connectivity index (χ0n) is 7.18. The van der Waals surface area contributed by atoms with Crippen molar-refractivity contribution in [2.75, 3.05) is 6.61 Å². The molecule has 0 bridgehead atoms. The summed E-state index contributed by atoms with van der Waals surface area (Å²) >= 11 is 0. The van der Waals surface area contributed by atoms with Gasteiger partial charge in [-0.3, -0.25) is 4.79 Å². The van der Waals surface area contributed by atoms with Crippen LogP contribution in [-0.4, -0.2) is 12.6 Å². The Kier molecular flexibility index (Phi) is 13.2. The molecule has 0 aliphatic rings. The van der Waals surface area contributed by atoms with Crippen LogP contribution in [0.1, 0.15) is 27.7 Å². The van der Waals surface area contributed by atoms with Gasteiger partial charge in [-0.15, -0.1) is 0 Å². The fraction of sp³-hybridized carbons (Fsp3) is 0.625. The van der Waals surface area contributed by atoms with Gasteiger partial charge in [0.2, 0.25) is 0 Å².